The summed E-state index contributed by atoms with van der Waals surface area (Å²) < 4.78 is 15.4. The molecule has 3 atom stereocenters. The minimum absolute atomic E-state index is 0.159. The number of benzene rings is 1. The predicted molar refractivity (Wildman–Crippen MR) is 164 cm³/mol. The van der Waals surface area contributed by atoms with Crippen molar-refractivity contribution in [1.29, 1.82) is 0 Å². The number of halogens is 2. The Morgan fingerprint density at radius 2 is 1.91 bits per heavy atom. The molecule has 3 heterocycles. The molecule has 2 fully saturated rings. The first-order chi connectivity index (χ1) is 20.7. The molecule has 1 aliphatic carbocycles. The first-order valence-electron chi connectivity index (χ1n) is 15.0. The molecule has 1 saturated carbocycles. The Balaban J connectivity index is 1.42. The lowest BCUT2D eigenvalue weighted by Crippen LogP contribution is -2.44. The number of aryl methyl sites for hydroxylation is 1. The zero-order valence-corrected chi connectivity index (χ0v) is 25.4. The monoisotopic (exact) mass is 607 g/mol. The summed E-state index contributed by atoms with van der Waals surface area (Å²) in [6.07, 6.45) is 7.69. The smallest absolute Gasteiger partial charge is 0.323 e. The summed E-state index contributed by atoms with van der Waals surface area (Å²) in [5.41, 5.74) is 2.58. The Kier molecular flexibility index (Phi) is 9.74. The van der Waals surface area contributed by atoms with Gasteiger partial charge in [0.2, 0.25) is 0 Å². The van der Waals surface area contributed by atoms with Gasteiger partial charge in [0.05, 0.1) is 16.6 Å². The van der Waals surface area contributed by atoms with Crippen LogP contribution in [0, 0.1) is 24.6 Å². The number of aromatic nitrogens is 2. The summed E-state index contributed by atoms with van der Waals surface area (Å²) >= 11 is 5.90. The Morgan fingerprint density at radius 3 is 2.58 bits per heavy atom. The van der Waals surface area contributed by atoms with Gasteiger partial charge in [-0.15, -0.1) is 0 Å². The van der Waals surface area contributed by atoms with E-state index in [1.807, 2.05) is 19.1 Å². The highest BCUT2D eigenvalue weighted by molar-refractivity contribution is 6.30. The van der Waals surface area contributed by atoms with Gasteiger partial charge in [0.15, 0.2) is 5.78 Å². The highest BCUT2D eigenvalue weighted by Crippen LogP contribution is 2.41. The topological polar surface area (TPSA) is 107 Å². The van der Waals surface area contributed by atoms with Crippen LogP contribution in [0.4, 0.5) is 15.0 Å². The van der Waals surface area contributed by atoms with Crippen molar-refractivity contribution in [1.82, 2.24) is 20.2 Å². The van der Waals surface area contributed by atoms with E-state index in [0.717, 1.165) is 29.7 Å². The fourth-order valence-electron chi connectivity index (χ4n) is 6.19. The number of likely N-dealkylation sites (tertiary alicyclic amines) is 1. The molecule has 0 radical (unpaired) electrons. The van der Waals surface area contributed by atoms with E-state index in [0.29, 0.717) is 29.7 Å². The van der Waals surface area contributed by atoms with E-state index in [2.05, 4.69) is 33.6 Å². The fraction of sp³-hybridized carbons (Fsp3) is 0.455. The number of nitrogens with one attached hydrogen (secondary N) is 2. The van der Waals surface area contributed by atoms with Gasteiger partial charge in [-0.05, 0) is 85.7 Å². The third-order valence-corrected chi connectivity index (χ3v) is 8.86. The molecule has 0 bridgehead atoms. The van der Waals surface area contributed by atoms with Crippen molar-refractivity contribution in [2.45, 2.75) is 64.0 Å². The van der Waals surface area contributed by atoms with Crippen molar-refractivity contribution in [3.8, 4) is 0 Å². The molecule has 10 heteroatoms. The van der Waals surface area contributed by atoms with Crippen molar-refractivity contribution < 1.29 is 19.1 Å². The average molecular weight is 608 g/mol. The standard InChI is InChI=1S/C33H39ClFN5O3/c1-3-38-33(12-10-22-4-5-22,26-11-13-36-21(2)14-26)25-6-8-28(35)24(16-25)17-30(42)29-15-23(20-41)19-40(29)32(43)39-31-9-7-27(34)18-37-31/h6-9,11,13-14,16,18,22-23,29,38,41H,3-5,10,12,15,17,19-20H2,1-2H3,(H,37,39,43)/t23-,29-,33?/m1/s1. The first-order valence-corrected chi connectivity index (χ1v) is 15.4. The van der Waals surface area contributed by atoms with Crippen molar-refractivity contribution in [3.05, 3.63) is 88.1 Å². The number of rotatable bonds is 12. The molecule has 1 aromatic carbocycles. The van der Waals surface area contributed by atoms with E-state index >= 15 is 4.39 Å². The Morgan fingerprint density at radius 1 is 1.12 bits per heavy atom. The number of hydrogen-bond acceptors (Lipinski definition) is 6. The van der Waals surface area contributed by atoms with E-state index in [4.69, 9.17) is 11.6 Å². The molecule has 2 aliphatic rings. The molecule has 2 aromatic heterocycles. The minimum Gasteiger partial charge on any atom is -0.396 e. The van der Waals surface area contributed by atoms with Gasteiger partial charge in [-0.1, -0.05) is 43.5 Å². The van der Waals surface area contributed by atoms with Crippen LogP contribution in [0.5, 0.6) is 0 Å². The highest BCUT2D eigenvalue weighted by Gasteiger charge is 2.40. The number of pyridine rings is 2. The molecule has 1 saturated heterocycles. The van der Waals surface area contributed by atoms with Crippen molar-refractivity contribution >= 4 is 29.2 Å². The number of anilines is 1. The van der Waals surface area contributed by atoms with Gasteiger partial charge in [0, 0.05) is 43.6 Å². The van der Waals surface area contributed by atoms with Crippen LogP contribution >= 0.6 is 11.6 Å². The summed E-state index contributed by atoms with van der Waals surface area (Å²) in [6.45, 7) is 4.77. The van der Waals surface area contributed by atoms with Gasteiger partial charge in [-0.2, -0.15) is 0 Å². The molecule has 1 aliphatic heterocycles. The number of Topliss-reactive ketones (excluding diaryl/α,β-unsaturated/α-hetero) is 1. The molecular formula is C33H39ClFN5O3. The van der Waals surface area contributed by atoms with E-state index in [9.17, 15) is 14.7 Å². The quantitative estimate of drug-likeness (QED) is 0.246. The molecule has 3 aromatic rings. The molecule has 2 amide bonds. The summed E-state index contributed by atoms with van der Waals surface area (Å²) in [4.78, 5) is 36.8. The maximum absolute atomic E-state index is 15.4. The number of aliphatic hydroxyl groups is 1. The zero-order chi connectivity index (χ0) is 30.6. The van der Waals surface area contributed by atoms with Crippen LogP contribution in [0.3, 0.4) is 0 Å². The van der Waals surface area contributed by atoms with Gasteiger partial charge in [0.1, 0.15) is 11.6 Å². The van der Waals surface area contributed by atoms with Crippen LogP contribution in [0.25, 0.3) is 0 Å². The molecule has 5 rings (SSSR count). The number of urea groups is 1. The van der Waals surface area contributed by atoms with E-state index in [1.165, 1.54) is 30.0 Å². The van der Waals surface area contributed by atoms with E-state index in [-0.39, 0.29) is 36.8 Å². The number of carbonyl (C=O) groups excluding carboxylic acids is 2. The molecule has 8 nitrogen and oxygen atoms in total. The van der Waals surface area contributed by atoms with Gasteiger partial charge >= 0.3 is 6.03 Å². The van der Waals surface area contributed by atoms with Crippen LogP contribution in [-0.2, 0) is 16.8 Å². The lowest BCUT2D eigenvalue weighted by atomic mass is 9.77. The van der Waals surface area contributed by atoms with Crippen LogP contribution in [0.1, 0.15) is 61.4 Å². The normalized spacial score (nSPS) is 19.7. The van der Waals surface area contributed by atoms with Gasteiger partial charge < -0.3 is 15.3 Å². The maximum Gasteiger partial charge on any atom is 0.323 e. The fourth-order valence-corrected chi connectivity index (χ4v) is 6.30. The third kappa shape index (κ3) is 7.22. The second-order valence-corrected chi connectivity index (χ2v) is 12.2. The van der Waals surface area contributed by atoms with Crippen LogP contribution in [0.2, 0.25) is 5.02 Å². The molecule has 1 unspecified atom stereocenters. The average Bonchev–Trinajstić information content (AvgIpc) is 3.73. The lowest BCUT2D eigenvalue weighted by Gasteiger charge is -2.37. The number of aliphatic hydroxyl groups excluding tert-OH is 1. The van der Waals surface area contributed by atoms with Gasteiger partial charge in [-0.25, -0.2) is 14.2 Å². The number of amides is 2. The van der Waals surface area contributed by atoms with E-state index < -0.39 is 23.4 Å². The second kappa shape index (κ2) is 13.5. The van der Waals surface area contributed by atoms with Gasteiger partial charge in [0.25, 0.3) is 0 Å². The Labute approximate surface area is 257 Å². The third-order valence-electron chi connectivity index (χ3n) is 8.64. The number of hydrogen-bond donors (Lipinski definition) is 3. The number of carbonyl (C=O) groups is 2. The lowest BCUT2D eigenvalue weighted by molar-refractivity contribution is -0.121. The second-order valence-electron chi connectivity index (χ2n) is 11.8. The molecular weight excluding hydrogens is 569 g/mol. The van der Waals surface area contributed by atoms with Crippen LogP contribution < -0.4 is 10.6 Å². The number of nitrogens with zero attached hydrogens (tertiary/aromatic N) is 3. The number of ketones is 1. The summed E-state index contributed by atoms with van der Waals surface area (Å²) in [5, 5.41) is 16.7. The minimum atomic E-state index is -0.802. The summed E-state index contributed by atoms with van der Waals surface area (Å²) in [5.74, 6) is -0.00639. The Bertz CT molecular complexity index is 1450. The predicted octanol–water partition coefficient (Wildman–Crippen LogP) is 5.65. The van der Waals surface area contributed by atoms with Crippen molar-refractivity contribution in [2.75, 3.05) is 25.0 Å². The Hall–Kier alpha value is -3.40. The maximum atomic E-state index is 15.4. The van der Waals surface area contributed by atoms with Gasteiger partial charge in [-0.3, -0.25) is 15.1 Å². The van der Waals surface area contributed by atoms with Crippen molar-refractivity contribution in [3.63, 3.8) is 0 Å². The first kappa shape index (κ1) is 31.0. The SMILES string of the molecule is CCNC(CCC1CC1)(c1ccnc(C)c1)c1ccc(F)c(CC(=O)[C@H]2C[C@@H](CO)CN2C(=O)Nc2ccc(Cl)cn2)c1. The highest BCUT2D eigenvalue weighted by atomic mass is 35.5. The molecule has 228 valence electrons. The molecule has 0 spiro atoms. The summed E-state index contributed by atoms with van der Waals surface area (Å²) in [7, 11) is 0. The van der Waals surface area contributed by atoms with Crippen molar-refractivity contribution in [2.24, 2.45) is 11.8 Å². The molecule has 3 N–H and O–H groups in total. The summed E-state index contributed by atoms with van der Waals surface area (Å²) in [6, 6.07) is 11.0. The van der Waals surface area contributed by atoms with Crippen LogP contribution in [-0.4, -0.2) is 57.5 Å². The largest absolute Gasteiger partial charge is 0.396 e. The van der Waals surface area contributed by atoms with Crippen LogP contribution in [0.15, 0.2) is 54.9 Å². The van der Waals surface area contributed by atoms with E-state index in [1.54, 1.807) is 24.4 Å². The molecule has 43 heavy (non-hydrogen) atoms. The zero-order valence-electron chi connectivity index (χ0n) is 24.7.